The Labute approximate surface area is 122 Å². The maximum atomic E-state index is 13.0. The van der Waals surface area contributed by atoms with Crippen LogP contribution < -0.4 is 0 Å². The molecule has 1 aliphatic rings. The average molecular weight is 299 g/mol. The molecule has 2 N–H and O–H groups in total. The molecular weight excluding hydrogens is 279 g/mol. The van der Waals surface area contributed by atoms with Crippen molar-refractivity contribution in [3.05, 3.63) is 34.4 Å². The molecule has 0 spiro atoms. The zero-order valence-electron chi connectivity index (χ0n) is 12.2. The van der Waals surface area contributed by atoms with E-state index in [1.54, 1.807) is 0 Å². The zero-order chi connectivity index (χ0) is 15.8. The Morgan fingerprint density at radius 1 is 1.33 bits per heavy atom. The molecule has 0 saturated heterocycles. The molecule has 2 unspecified atom stereocenters. The van der Waals surface area contributed by atoms with Crippen LogP contribution >= 0.6 is 0 Å². The van der Waals surface area contributed by atoms with Gasteiger partial charge in [-0.2, -0.15) is 13.2 Å². The molecule has 1 aromatic rings. The number of hydrogen-bond donors (Lipinski definition) is 2. The fourth-order valence-electron chi connectivity index (χ4n) is 3.26. The highest BCUT2D eigenvalue weighted by molar-refractivity contribution is 5.66. The molecule has 0 bridgehead atoms. The van der Waals surface area contributed by atoms with Gasteiger partial charge in [0, 0.05) is 6.21 Å². The number of benzene rings is 1. The molecule has 2 nitrogen and oxygen atoms in total. The van der Waals surface area contributed by atoms with Gasteiger partial charge in [0.05, 0.1) is 0 Å². The molecule has 2 rings (SSSR count). The summed E-state index contributed by atoms with van der Waals surface area (Å²) in [5, 5.41) is 16.8. The van der Waals surface area contributed by atoms with E-state index in [2.05, 4.69) is 0 Å². The molecule has 1 aromatic carbocycles. The first-order valence-corrected chi connectivity index (χ1v) is 7.08. The van der Waals surface area contributed by atoms with E-state index in [1.165, 1.54) is 0 Å². The predicted octanol–water partition coefficient (Wildman–Crippen LogP) is 4.06. The molecule has 2 atom stereocenters. The van der Waals surface area contributed by atoms with Crippen LogP contribution in [0.2, 0.25) is 0 Å². The van der Waals surface area contributed by atoms with Crippen molar-refractivity contribution in [2.45, 2.75) is 57.2 Å². The molecule has 21 heavy (non-hydrogen) atoms. The van der Waals surface area contributed by atoms with E-state index >= 15 is 0 Å². The Balaban J connectivity index is 2.39. The molecule has 5 heteroatoms. The Bertz CT molecular complexity index is 553. The number of aryl methyl sites for hydroxylation is 2. The molecule has 0 aliphatic heterocycles. The summed E-state index contributed by atoms with van der Waals surface area (Å²) in [7, 11) is 0. The lowest BCUT2D eigenvalue weighted by atomic mass is 9.75. The molecular formula is C16H20F3NO. The van der Waals surface area contributed by atoms with E-state index in [0.29, 0.717) is 6.42 Å². The summed E-state index contributed by atoms with van der Waals surface area (Å²) < 4.78 is 39.0. The van der Waals surface area contributed by atoms with Gasteiger partial charge in [0.25, 0.3) is 0 Å². The minimum atomic E-state index is -4.81. The molecule has 0 fully saturated rings. The van der Waals surface area contributed by atoms with Crippen LogP contribution in [0.3, 0.4) is 0 Å². The summed E-state index contributed by atoms with van der Waals surface area (Å²) in [6, 6.07) is 3.96. The average Bonchev–Trinajstić information content (AvgIpc) is 2.38. The van der Waals surface area contributed by atoms with Gasteiger partial charge in [-0.05, 0) is 62.1 Å². The van der Waals surface area contributed by atoms with Gasteiger partial charge >= 0.3 is 6.18 Å². The Kier molecular flexibility index (Phi) is 4.15. The summed E-state index contributed by atoms with van der Waals surface area (Å²) in [6.45, 7) is 3.90. The lowest BCUT2D eigenvalue weighted by Crippen LogP contribution is -2.47. The normalized spacial score (nSPS) is 21.5. The standard InChI is InChI=1S/C16H20F3NO/c1-10-6-11(2)13-5-3-4-12(14(13)7-10)8-15(21,9-20)16(17,18)19/h6-7,9,12,20-21H,3-5,8H2,1-2H3. The molecule has 0 amide bonds. The SMILES string of the molecule is Cc1cc(C)c2c(c1)C(CC(O)(C=N)C(F)(F)F)CCC2. The van der Waals surface area contributed by atoms with Gasteiger partial charge in [0.2, 0.25) is 0 Å². The maximum Gasteiger partial charge on any atom is 0.422 e. The third-order valence-corrected chi connectivity index (χ3v) is 4.36. The molecule has 0 radical (unpaired) electrons. The van der Waals surface area contributed by atoms with Gasteiger partial charge < -0.3 is 10.5 Å². The van der Waals surface area contributed by atoms with Crippen molar-refractivity contribution in [1.82, 2.24) is 0 Å². The van der Waals surface area contributed by atoms with Gasteiger partial charge in [-0.25, -0.2) is 0 Å². The van der Waals surface area contributed by atoms with Gasteiger partial charge in [0.15, 0.2) is 5.60 Å². The van der Waals surface area contributed by atoms with Crippen molar-refractivity contribution in [3.63, 3.8) is 0 Å². The van der Waals surface area contributed by atoms with E-state index in [-0.39, 0.29) is 12.1 Å². The van der Waals surface area contributed by atoms with Crippen LogP contribution in [-0.2, 0) is 6.42 Å². The van der Waals surface area contributed by atoms with E-state index in [1.807, 2.05) is 26.0 Å². The molecule has 116 valence electrons. The van der Waals surface area contributed by atoms with Crippen molar-refractivity contribution < 1.29 is 18.3 Å². The zero-order valence-corrected chi connectivity index (χ0v) is 12.2. The second-order valence-corrected chi connectivity index (χ2v) is 6.01. The fraction of sp³-hybridized carbons (Fsp3) is 0.562. The third kappa shape index (κ3) is 2.98. The van der Waals surface area contributed by atoms with Crippen LogP contribution in [0.5, 0.6) is 0 Å². The summed E-state index contributed by atoms with van der Waals surface area (Å²) in [5.41, 5.74) is 1.09. The van der Waals surface area contributed by atoms with Crippen LogP contribution in [0.25, 0.3) is 0 Å². The summed E-state index contributed by atoms with van der Waals surface area (Å²) >= 11 is 0. The van der Waals surface area contributed by atoms with E-state index < -0.39 is 18.2 Å². The molecule has 0 aromatic heterocycles. The first-order chi connectivity index (χ1) is 9.68. The number of halogens is 3. The highest BCUT2D eigenvalue weighted by Gasteiger charge is 2.53. The number of alkyl halides is 3. The molecule has 0 saturated carbocycles. The van der Waals surface area contributed by atoms with E-state index in [4.69, 9.17) is 5.41 Å². The Morgan fingerprint density at radius 2 is 2.00 bits per heavy atom. The Morgan fingerprint density at radius 3 is 2.57 bits per heavy atom. The monoisotopic (exact) mass is 299 g/mol. The van der Waals surface area contributed by atoms with Crippen molar-refractivity contribution in [1.29, 1.82) is 5.41 Å². The molecule has 0 heterocycles. The first-order valence-electron chi connectivity index (χ1n) is 7.08. The lowest BCUT2D eigenvalue weighted by Gasteiger charge is -2.34. The maximum absolute atomic E-state index is 13.0. The summed E-state index contributed by atoms with van der Waals surface area (Å²) in [4.78, 5) is 0. The van der Waals surface area contributed by atoms with Crippen LogP contribution in [0.15, 0.2) is 12.1 Å². The van der Waals surface area contributed by atoms with Crippen LogP contribution in [-0.4, -0.2) is 23.1 Å². The number of nitrogens with one attached hydrogen (secondary N) is 1. The van der Waals surface area contributed by atoms with Gasteiger partial charge in [-0.15, -0.1) is 0 Å². The van der Waals surface area contributed by atoms with Gasteiger partial charge in [0.1, 0.15) is 0 Å². The van der Waals surface area contributed by atoms with Crippen LogP contribution in [0, 0.1) is 19.3 Å². The fourth-order valence-corrected chi connectivity index (χ4v) is 3.26. The summed E-state index contributed by atoms with van der Waals surface area (Å²) in [5.74, 6) is -0.361. The van der Waals surface area contributed by atoms with Crippen molar-refractivity contribution >= 4 is 6.21 Å². The predicted molar refractivity (Wildman–Crippen MR) is 76.0 cm³/mol. The van der Waals surface area contributed by atoms with E-state index in [9.17, 15) is 18.3 Å². The molecule has 1 aliphatic carbocycles. The van der Waals surface area contributed by atoms with Crippen LogP contribution in [0.1, 0.15) is 47.4 Å². The highest BCUT2D eigenvalue weighted by atomic mass is 19.4. The summed E-state index contributed by atoms with van der Waals surface area (Å²) in [6.07, 6.45) is -2.87. The minimum Gasteiger partial charge on any atom is -0.376 e. The largest absolute Gasteiger partial charge is 0.422 e. The van der Waals surface area contributed by atoms with Crippen molar-refractivity contribution in [2.24, 2.45) is 0 Å². The van der Waals surface area contributed by atoms with Crippen molar-refractivity contribution in [3.8, 4) is 0 Å². The quantitative estimate of drug-likeness (QED) is 0.812. The number of rotatable bonds is 3. The van der Waals surface area contributed by atoms with Gasteiger partial charge in [-0.1, -0.05) is 17.7 Å². The minimum absolute atomic E-state index is 0.129. The second-order valence-electron chi connectivity index (χ2n) is 6.01. The van der Waals surface area contributed by atoms with E-state index in [0.717, 1.165) is 35.1 Å². The van der Waals surface area contributed by atoms with Crippen molar-refractivity contribution in [2.75, 3.05) is 0 Å². The second kappa shape index (κ2) is 5.44. The number of hydrogen-bond acceptors (Lipinski definition) is 2. The van der Waals surface area contributed by atoms with Gasteiger partial charge in [-0.3, -0.25) is 0 Å². The number of aliphatic hydroxyl groups is 1. The lowest BCUT2D eigenvalue weighted by molar-refractivity contribution is -0.232. The first kappa shape index (κ1) is 16.0. The van der Waals surface area contributed by atoms with Crippen LogP contribution in [0.4, 0.5) is 13.2 Å². The topological polar surface area (TPSA) is 44.1 Å². The third-order valence-electron chi connectivity index (χ3n) is 4.36. The Hall–Kier alpha value is -1.36. The number of fused-ring (bicyclic) bond motifs is 1. The smallest absolute Gasteiger partial charge is 0.376 e. The highest BCUT2D eigenvalue weighted by Crippen LogP contribution is 2.42.